The summed E-state index contributed by atoms with van der Waals surface area (Å²) in [6.07, 6.45) is 0.578. The maximum absolute atomic E-state index is 12.9. The second-order valence-electron chi connectivity index (χ2n) is 2.30. The van der Waals surface area contributed by atoms with Gasteiger partial charge in [0.05, 0.1) is 5.69 Å². The summed E-state index contributed by atoms with van der Waals surface area (Å²) in [5.41, 5.74) is 1.20. The maximum Gasteiger partial charge on any atom is 0.211 e. The van der Waals surface area contributed by atoms with Gasteiger partial charge in [-0.3, -0.25) is 4.79 Å². The Bertz CT molecular complexity index is 314. The van der Waals surface area contributed by atoms with E-state index in [4.69, 9.17) is 0 Å². The first-order chi connectivity index (χ1) is 5.66. The van der Waals surface area contributed by atoms with Crippen molar-refractivity contribution in [1.82, 2.24) is 0 Å². The van der Waals surface area contributed by atoms with Crippen LogP contribution in [0.5, 0.6) is 0 Å². The SMILES string of the molecule is Cc1c(F)ccc(NC=O)c1I. The van der Waals surface area contributed by atoms with E-state index in [0.29, 0.717) is 17.7 Å². The number of hydrogen-bond donors (Lipinski definition) is 1. The number of hydrogen-bond acceptors (Lipinski definition) is 1. The second-order valence-corrected chi connectivity index (χ2v) is 3.37. The van der Waals surface area contributed by atoms with Crippen LogP contribution in [0.25, 0.3) is 0 Å². The van der Waals surface area contributed by atoms with Gasteiger partial charge < -0.3 is 5.32 Å². The molecule has 64 valence electrons. The van der Waals surface area contributed by atoms with Crippen LogP contribution in [0.3, 0.4) is 0 Å². The number of nitrogens with one attached hydrogen (secondary N) is 1. The molecule has 0 aliphatic heterocycles. The quantitative estimate of drug-likeness (QED) is 0.653. The van der Waals surface area contributed by atoms with Crippen LogP contribution in [0.1, 0.15) is 5.56 Å². The van der Waals surface area contributed by atoms with Crippen LogP contribution in [0, 0.1) is 16.3 Å². The Balaban J connectivity index is 3.16. The standard InChI is InChI=1S/C8H7FINO/c1-5-6(9)2-3-7(8(5)10)11-4-12/h2-4H,1H3,(H,11,12). The molecular formula is C8H7FINO. The van der Waals surface area contributed by atoms with Crippen molar-refractivity contribution in [3.63, 3.8) is 0 Å². The molecule has 4 heteroatoms. The van der Waals surface area contributed by atoms with E-state index in [9.17, 15) is 9.18 Å². The van der Waals surface area contributed by atoms with Gasteiger partial charge in [0.2, 0.25) is 6.41 Å². The van der Waals surface area contributed by atoms with Crippen LogP contribution in [-0.2, 0) is 4.79 Å². The lowest BCUT2D eigenvalue weighted by atomic mass is 10.2. The van der Waals surface area contributed by atoms with Gasteiger partial charge in [-0.1, -0.05) is 0 Å². The molecule has 0 aromatic heterocycles. The molecule has 0 unspecified atom stereocenters. The number of rotatable bonds is 2. The van der Waals surface area contributed by atoms with Crippen molar-refractivity contribution < 1.29 is 9.18 Å². The van der Waals surface area contributed by atoms with Gasteiger partial charge in [-0.25, -0.2) is 4.39 Å². The summed E-state index contributed by atoms with van der Waals surface area (Å²) in [5.74, 6) is -0.254. The fourth-order valence-corrected chi connectivity index (χ4v) is 1.43. The number of anilines is 1. The molecule has 2 nitrogen and oxygen atoms in total. The van der Waals surface area contributed by atoms with Gasteiger partial charge in [0.25, 0.3) is 0 Å². The molecule has 0 bridgehead atoms. The van der Waals surface area contributed by atoms with Gasteiger partial charge in [-0.05, 0) is 41.6 Å². The summed E-state index contributed by atoms with van der Waals surface area (Å²) in [6, 6.07) is 2.88. The van der Waals surface area contributed by atoms with Crippen LogP contribution in [0.15, 0.2) is 12.1 Å². The zero-order valence-corrected chi connectivity index (χ0v) is 8.55. The number of halogens is 2. The third-order valence-electron chi connectivity index (χ3n) is 1.53. The number of carbonyl (C=O) groups is 1. The molecule has 0 saturated carbocycles. The van der Waals surface area contributed by atoms with E-state index in [1.165, 1.54) is 6.07 Å². The Hall–Kier alpha value is -0.650. The molecule has 0 saturated heterocycles. The monoisotopic (exact) mass is 279 g/mol. The molecule has 0 atom stereocenters. The number of carbonyl (C=O) groups excluding carboxylic acids is 1. The molecule has 0 fully saturated rings. The number of amides is 1. The molecule has 0 heterocycles. The van der Waals surface area contributed by atoms with Crippen molar-refractivity contribution in [1.29, 1.82) is 0 Å². The van der Waals surface area contributed by atoms with Crippen LogP contribution < -0.4 is 5.32 Å². The van der Waals surface area contributed by atoms with Gasteiger partial charge in [-0.2, -0.15) is 0 Å². The van der Waals surface area contributed by atoms with Crippen LogP contribution in [0.2, 0.25) is 0 Å². The molecule has 1 N–H and O–H groups in total. The van der Waals surface area contributed by atoms with Crippen molar-refractivity contribution in [3.05, 3.63) is 27.1 Å². The van der Waals surface area contributed by atoms with Crippen molar-refractivity contribution in [2.24, 2.45) is 0 Å². The zero-order valence-electron chi connectivity index (χ0n) is 6.40. The first-order valence-corrected chi connectivity index (χ1v) is 4.39. The molecule has 0 aliphatic rings. The van der Waals surface area contributed by atoms with Crippen LogP contribution in [-0.4, -0.2) is 6.41 Å². The normalized spacial score (nSPS) is 9.58. The molecule has 1 aromatic rings. The highest BCUT2D eigenvalue weighted by Crippen LogP contribution is 2.23. The van der Waals surface area contributed by atoms with Crippen molar-refractivity contribution in [3.8, 4) is 0 Å². The molecule has 1 amide bonds. The minimum Gasteiger partial charge on any atom is -0.328 e. The maximum atomic E-state index is 12.9. The molecule has 12 heavy (non-hydrogen) atoms. The fraction of sp³-hybridized carbons (Fsp3) is 0.125. The van der Waals surface area contributed by atoms with E-state index < -0.39 is 0 Å². The van der Waals surface area contributed by atoms with Gasteiger partial charge in [0.1, 0.15) is 5.82 Å². The van der Waals surface area contributed by atoms with Crippen molar-refractivity contribution in [2.75, 3.05) is 5.32 Å². The van der Waals surface area contributed by atoms with Crippen LogP contribution in [0.4, 0.5) is 10.1 Å². The zero-order chi connectivity index (χ0) is 9.14. The predicted molar refractivity (Wildman–Crippen MR) is 53.5 cm³/mol. The molecular weight excluding hydrogens is 272 g/mol. The van der Waals surface area contributed by atoms with E-state index in [1.807, 2.05) is 22.6 Å². The Kier molecular flexibility index (Phi) is 3.02. The Labute approximate surface area is 83.3 Å². The highest BCUT2D eigenvalue weighted by molar-refractivity contribution is 14.1. The topological polar surface area (TPSA) is 29.1 Å². The predicted octanol–water partition coefficient (Wildman–Crippen LogP) is 2.31. The first kappa shape index (κ1) is 9.44. The average molecular weight is 279 g/mol. The molecule has 0 aliphatic carbocycles. The molecule has 0 radical (unpaired) electrons. The largest absolute Gasteiger partial charge is 0.328 e. The lowest BCUT2D eigenvalue weighted by molar-refractivity contribution is -0.105. The summed E-state index contributed by atoms with van der Waals surface area (Å²) >= 11 is 1.99. The second kappa shape index (κ2) is 3.84. The summed E-state index contributed by atoms with van der Waals surface area (Å²) < 4.78 is 13.6. The third kappa shape index (κ3) is 1.74. The molecule has 0 spiro atoms. The molecule has 1 rings (SSSR count). The van der Waals surface area contributed by atoms with E-state index in [0.717, 1.165) is 3.57 Å². The van der Waals surface area contributed by atoms with E-state index in [-0.39, 0.29) is 5.82 Å². The Morgan fingerprint density at radius 2 is 2.25 bits per heavy atom. The summed E-state index contributed by atoms with van der Waals surface area (Å²) in [5, 5.41) is 2.49. The summed E-state index contributed by atoms with van der Waals surface area (Å²) in [7, 11) is 0. The summed E-state index contributed by atoms with van der Waals surface area (Å²) in [6.45, 7) is 1.67. The van der Waals surface area contributed by atoms with Crippen molar-refractivity contribution >= 4 is 34.7 Å². The third-order valence-corrected chi connectivity index (χ3v) is 2.92. The summed E-state index contributed by atoms with van der Waals surface area (Å²) in [4.78, 5) is 10.1. The Morgan fingerprint density at radius 1 is 1.58 bits per heavy atom. The van der Waals surface area contributed by atoms with Crippen molar-refractivity contribution in [2.45, 2.75) is 6.92 Å². The average Bonchev–Trinajstić information content (AvgIpc) is 2.07. The highest BCUT2D eigenvalue weighted by Gasteiger charge is 2.05. The Morgan fingerprint density at radius 3 is 2.83 bits per heavy atom. The van der Waals surface area contributed by atoms with Gasteiger partial charge >= 0.3 is 0 Å². The first-order valence-electron chi connectivity index (χ1n) is 3.31. The van der Waals surface area contributed by atoms with Gasteiger partial charge in [0.15, 0.2) is 0 Å². The van der Waals surface area contributed by atoms with Gasteiger partial charge in [0, 0.05) is 9.13 Å². The minimum absolute atomic E-state index is 0.254. The smallest absolute Gasteiger partial charge is 0.211 e. The number of benzene rings is 1. The lowest BCUT2D eigenvalue weighted by Crippen LogP contribution is -1.99. The molecule has 1 aromatic carbocycles. The highest BCUT2D eigenvalue weighted by atomic mass is 127. The van der Waals surface area contributed by atoms with Gasteiger partial charge in [-0.15, -0.1) is 0 Å². The van der Waals surface area contributed by atoms with E-state index >= 15 is 0 Å². The van der Waals surface area contributed by atoms with E-state index in [2.05, 4.69) is 5.32 Å². The minimum atomic E-state index is -0.254. The lowest BCUT2D eigenvalue weighted by Gasteiger charge is -2.05. The fourth-order valence-electron chi connectivity index (χ4n) is 0.836. The van der Waals surface area contributed by atoms with E-state index in [1.54, 1.807) is 13.0 Å². The van der Waals surface area contributed by atoms with Crippen LogP contribution >= 0.6 is 22.6 Å².